The fourth-order valence-electron chi connectivity index (χ4n) is 1.20. The Bertz CT molecular complexity index is 332. The summed E-state index contributed by atoms with van der Waals surface area (Å²) in [6, 6.07) is 7.94. The van der Waals surface area contributed by atoms with E-state index in [2.05, 4.69) is 12.6 Å². The Balaban J connectivity index is 2.62. The molecule has 1 rings (SSSR count). The summed E-state index contributed by atoms with van der Waals surface area (Å²) < 4.78 is 0. The summed E-state index contributed by atoms with van der Waals surface area (Å²) in [7, 11) is 1.83. The molecular weight excluding hydrogens is 206 g/mol. The second-order valence-corrected chi connectivity index (χ2v) is 4.46. The van der Waals surface area contributed by atoms with E-state index in [4.69, 9.17) is 0 Å². The molecule has 0 bridgehead atoms. The summed E-state index contributed by atoms with van der Waals surface area (Å²) in [6.07, 6.45) is 0.461. The number of hydrogen-bond acceptors (Lipinski definition) is 2. The van der Waals surface area contributed by atoms with Crippen molar-refractivity contribution >= 4 is 18.5 Å². The maximum atomic E-state index is 11.7. The average Bonchev–Trinajstić information content (AvgIpc) is 2.20. The Kier molecular flexibility index (Phi) is 4.21. The monoisotopic (exact) mass is 223 g/mol. The van der Waals surface area contributed by atoms with Crippen LogP contribution in [0.3, 0.4) is 0 Å². The molecule has 1 aromatic carbocycles. The van der Waals surface area contributed by atoms with Crippen LogP contribution in [0.5, 0.6) is 0 Å². The van der Waals surface area contributed by atoms with Gasteiger partial charge in [0, 0.05) is 18.0 Å². The molecule has 82 valence electrons. The highest BCUT2D eigenvalue weighted by molar-refractivity contribution is 7.80. The first-order valence-electron chi connectivity index (χ1n) is 5.04. The van der Waals surface area contributed by atoms with Gasteiger partial charge in [-0.15, -0.1) is 12.6 Å². The van der Waals surface area contributed by atoms with E-state index < -0.39 is 0 Å². The highest BCUT2D eigenvalue weighted by atomic mass is 32.1. The van der Waals surface area contributed by atoms with E-state index in [9.17, 15) is 4.79 Å². The van der Waals surface area contributed by atoms with Gasteiger partial charge in [-0.25, -0.2) is 0 Å². The van der Waals surface area contributed by atoms with Gasteiger partial charge in [0.1, 0.15) is 0 Å². The molecule has 0 N–H and O–H groups in total. The second kappa shape index (κ2) is 5.21. The molecule has 0 unspecified atom stereocenters. The van der Waals surface area contributed by atoms with Crippen LogP contribution in [-0.2, 0) is 11.2 Å². The Morgan fingerprint density at radius 1 is 1.33 bits per heavy atom. The summed E-state index contributed by atoms with van der Waals surface area (Å²) in [5, 5.41) is 0. The lowest BCUT2D eigenvalue weighted by Crippen LogP contribution is -2.34. The van der Waals surface area contributed by atoms with Crippen molar-refractivity contribution in [2.75, 3.05) is 7.05 Å². The van der Waals surface area contributed by atoms with Gasteiger partial charge in [0.05, 0.1) is 6.42 Å². The first-order chi connectivity index (χ1) is 7.00. The fraction of sp³-hybridized carbons (Fsp3) is 0.417. The van der Waals surface area contributed by atoms with Crippen LogP contribution in [0, 0.1) is 0 Å². The molecule has 0 saturated carbocycles. The molecule has 15 heavy (non-hydrogen) atoms. The van der Waals surface area contributed by atoms with Gasteiger partial charge in [0.2, 0.25) is 5.91 Å². The number of rotatable bonds is 3. The van der Waals surface area contributed by atoms with Gasteiger partial charge in [0.15, 0.2) is 0 Å². The predicted molar refractivity (Wildman–Crippen MR) is 65.3 cm³/mol. The highest BCUT2D eigenvalue weighted by Gasteiger charge is 2.11. The minimum absolute atomic E-state index is 0.150. The van der Waals surface area contributed by atoms with Crippen molar-refractivity contribution in [1.29, 1.82) is 0 Å². The van der Waals surface area contributed by atoms with E-state index in [0.29, 0.717) is 6.42 Å². The molecule has 1 amide bonds. The molecule has 0 spiro atoms. The van der Waals surface area contributed by atoms with Gasteiger partial charge in [-0.05, 0) is 31.5 Å². The van der Waals surface area contributed by atoms with Crippen molar-refractivity contribution in [3.05, 3.63) is 29.8 Å². The molecule has 0 aromatic heterocycles. The fourth-order valence-corrected chi connectivity index (χ4v) is 1.35. The summed E-state index contributed by atoms with van der Waals surface area (Å²) in [5.74, 6) is 0.150. The Labute approximate surface area is 96.7 Å². The lowest BCUT2D eigenvalue weighted by molar-refractivity contribution is -0.130. The van der Waals surface area contributed by atoms with Crippen LogP contribution in [0.25, 0.3) is 0 Å². The largest absolute Gasteiger partial charge is 0.343 e. The molecule has 0 fully saturated rings. The molecule has 1 aromatic rings. The van der Waals surface area contributed by atoms with Crippen LogP contribution in [0.4, 0.5) is 0 Å². The van der Waals surface area contributed by atoms with Gasteiger partial charge in [-0.1, -0.05) is 12.1 Å². The van der Waals surface area contributed by atoms with Crippen LogP contribution in [0.1, 0.15) is 19.4 Å². The first kappa shape index (κ1) is 12.1. The molecule has 0 aliphatic carbocycles. The molecule has 0 aliphatic rings. The Hall–Kier alpha value is -0.960. The molecule has 3 heteroatoms. The minimum Gasteiger partial charge on any atom is -0.343 e. The van der Waals surface area contributed by atoms with E-state index in [1.54, 1.807) is 4.90 Å². The topological polar surface area (TPSA) is 20.3 Å². The normalized spacial score (nSPS) is 10.5. The van der Waals surface area contributed by atoms with Gasteiger partial charge in [-0.2, -0.15) is 0 Å². The number of hydrogen-bond donors (Lipinski definition) is 1. The summed E-state index contributed by atoms with van der Waals surface area (Å²) in [6.45, 7) is 4.02. The number of amides is 1. The smallest absolute Gasteiger partial charge is 0.226 e. The maximum absolute atomic E-state index is 11.7. The maximum Gasteiger partial charge on any atom is 0.226 e. The van der Waals surface area contributed by atoms with Crippen LogP contribution >= 0.6 is 12.6 Å². The minimum atomic E-state index is 0.150. The highest BCUT2D eigenvalue weighted by Crippen LogP contribution is 2.09. The number of likely N-dealkylation sites (N-methyl/N-ethyl adjacent to an activating group) is 1. The number of thiol groups is 1. The molecule has 0 heterocycles. The molecular formula is C12H17NOS. The Morgan fingerprint density at radius 2 is 1.87 bits per heavy atom. The predicted octanol–water partition coefficient (Wildman–Crippen LogP) is 2.38. The zero-order valence-corrected chi connectivity index (χ0v) is 10.3. The van der Waals surface area contributed by atoms with E-state index in [0.717, 1.165) is 10.5 Å². The van der Waals surface area contributed by atoms with E-state index in [1.807, 2.05) is 45.2 Å². The lowest BCUT2D eigenvalue weighted by atomic mass is 10.1. The summed E-state index contributed by atoms with van der Waals surface area (Å²) in [4.78, 5) is 14.4. The molecule has 0 atom stereocenters. The van der Waals surface area contributed by atoms with Crippen LogP contribution in [0.15, 0.2) is 29.2 Å². The summed E-state index contributed by atoms with van der Waals surface area (Å²) in [5.41, 5.74) is 1.03. The SMILES string of the molecule is CC(C)N(C)C(=O)Cc1ccc(S)cc1. The van der Waals surface area contributed by atoms with Crippen molar-refractivity contribution in [1.82, 2.24) is 4.90 Å². The zero-order valence-electron chi connectivity index (χ0n) is 9.40. The van der Waals surface area contributed by atoms with E-state index >= 15 is 0 Å². The van der Waals surface area contributed by atoms with Crippen LogP contribution in [0.2, 0.25) is 0 Å². The van der Waals surface area contributed by atoms with Gasteiger partial charge in [0.25, 0.3) is 0 Å². The molecule has 2 nitrogen and oxygen atoms in total. The summed E-state index contributed by atoms with van der Waals surface area (Å²) >= 11 is 4.20. The van der Waals surface area contributed by atoms with E-state index in [-0.39, 0.29) is 11.9 Å². The standard InChI is InChI=1S/C12H17NOS/c1-9(2)13(3)12(14)8-10-4-6-11(15)7-5-10/h4-7,9,15H,8H2,1-3H3. The second-order valence-electron chi connectivity index (χ2n) is 3.94. The number of carbonyl (C=O) groups is 1. The number of carbonyl (C=O) groups excluding carboxylic acids is 1. The van der Waals surface area contributed by atoms with Crippen molar-refractivity contribution < 1.29 is 4.79 Å². The zero-order chi connectivity index (χ0) is 11.4. The number of benzene rings is 1. The van der Waals surface area contributed by atoms with Crippen molar-refractivity contribution in [3.8, 4) is 0 Å². The third-order valence-electron chi connectivity index (χ3n) is 2.46. The Morgan fingerprint density at radius 3 is 2.33 bits per heavy atom. The molecule has 0 aliphatic heterocycles. The quantitative estimate of drug-likeness (QED) is 0.780. The van der Waals surface area contributed by atoms with Gasteiger partial charge >= 0.3 is 0 Å². The van der Waals surface area contributed by atoms with Gasteiger partial charge < -0.3 is 4.90 Å². The van der Waals surface area contributed by atoms with Crippen molar-refractivity contribution in [2.24, 2.45) is 0 Å². The lowest BCUT2D eigenvalue weighted by Gasteiger charge is -2.21. The van der Waals surface area contributed by atoms with Crippen LogP contribution in [-0.4, -0.2) is 23.9 Å². The molecule has 0 saturated heterocycles. The average molecular weight is 223 g/mol. The van der Waals surface area contributed by atoms with Crippen LogP contribution < -0.4 is 0 Å². The third kappa shape index (κ3) is 3.59. The van der Waals surface area contributed by atoms with Crippen molar-refractivity contribution in [2.45, 2.75) is 31.2 Å². The number of nitrogens with zero attached hydrogens (tertiary/aromatic N) is 1. The first-order valence-corrected chi connectivity index (χ1v) is 5.49. The molecule has 0 radical (unpaired) electrons. The third-order valence-corrected chi connectivity index (χ3v) is 2.76. The van der Waals surface area contributed by atoms with E-state index in [1.165, 1.54) is 0 Å². The van der Waals surface area contributed by atoms with Gasteiger partial charge in [-0.3, -0.25) is 4.79 Å². The van der Waals surface area contributed by atoms with Crippen molar-refractivity contribution in [3.63, 3.8) is 0 Å².